The molecule has 0 spiro atoms. The minimum Gasteiger partial charge on any atom is -0.334 e. The van der Waals surface area contributed by atoms with Crippen molar-refractivity contribution in [3.63, 3.8) is 0 Å². The molecule has 0 unspecified atom stereocenters. The quantitative estimate of drug-likeness (QED) is 0.900. The maximum absolute atomic E-state index is 12.8. The molecule has 1 N–H and O–H groups in total. The van der Waals surface area contributed by atoms with Gasteiger partial charge in [-0.1, -0.05) is 6.07 Å². The van der Waals surface area contributed by atoms with Crippen molar-refractivity contribution in [1.82, 2.24) is 15.1 Å². The van der Waals surface area contributed by atoms with Gasteiger partial charge in [0, 0.05) is 30.7 Å². The minimum absolute atomic E-state index is 0.110. The van der Waals surface area contributed by atoms with Gasteiger partial charge in [-0.05, 0) is 38.2 Å². The molecule has 0 bridgehead atoms. The molecule has 2 heterocycles. The van der Waals surface area contributed by atoms with Crippen molar-refractivity contribution in [3.8, 4) is 0 Å². The van der Waals surface area contributed by atoms with E-state index in [2.05, 4.69) is 10.2 Å². The highest BCUT2D eigenvalue weighted by Gasteiger charge is 2.31. The number of hydrogen-bond donors (Lipinski definition) is 1. The van der Waals surface area contributed by atoms with Crippen molar-refractivity contribution in [2.75, 3.05) is 31.7 Å². The highest BCUT2D eigenvalue weighted by atomic mass is 19.4. The molecular weight excluding hydrogens is 321 g/mol. The van der Waals surface area contributed by atoms with Gasteiger partial charge in [-0.3, -0.25) is 4.90 Å². The number of amides is 2. The first-order valence-electron chi connectivity index (χ1n) is 7.71. The van der Waals surface area contributed by atoms with Crippen molar-refractivity contribution < 1.29 is 18.0 Å². The summed E-state index contributed by atoms with van der Waals surface area (Å²) in [4.78, 5) is 17.5. The maximum atomic E-state index is 12.8. The molecule has 24 heavy (non-hydrogen) atoms. The highest BCUT2D eigenvalue weighted by Crippen LogP contribution is 2.32. The molecule has 1 aromatic rings. The van der Waals surface area contributed by atoms with Crippen LogP contribution in [0.15, 0.2) is 36.7 Å². The predicted octanol–water partition coefficient (Wildman–Crippen LogP) is 2.67. The summed E-state index contributed by atoms with van der Waals surface area (Å²) in [5.41, 5.74) is -0.303. The van der Waals surface area contributed by atoms with Crippen molar-refractivity contribution in [2.24, 2.45) is 0 Å². The number of alkyl halides is 3. The number of likely N-dealkylation sites (N-methyl/N-ethyl adjacent to an activating group) is 1. The summed E-state index contributed by atoms with van der Waals surface area (Å²) in [7, 11) is 2.00. The fourth-order valence-electron chi connectivity index (χ4n) is 2.89. The molecule has 0 radical (unpaired) electrons. The first-order valence-corrected chi connectivity index (χ1v) is 7.71. The zero-order valence-electron chi connectivity index (χ0n) is 13.3. The van der Waals surface area contributed by atoms with E-state index in [0.717, 1.165) is 31.6 Å². The van der Waals surface area contributed by atoms with Gasteiger partial charge in [-0.2, -0.15) is 13.2 Å². The Morgan fingerprint density at radius 2 is 2.08 bits per heavy atom. The number of nitrogens with one attached hydrogen (secondary N) is 1. The number of halogens is 3. The summed E-state index contributed by atoms with van der Waals surface area (Å²) in [5.74, 6) is 0. The minimum atomic E-state index is -4.38. The van der Waals surface area contributed by atoms with Crippen LogP contribution in [0, 0.1) is 0 Å². The zero-order valence-corrected chi connectivity index (χ0v) is 13.3. The van der Waals surface area contributed by atoms with E-state index < -0.39 is 11.7 Å². The van der Waals surface area contributed by atoms with Crippen LogP contribution in [0.4, 0.5) is 23.7 Å². The molecule has 2 aliphatic heterocycles. The smallest absolute Gasteiger partial charge is 0.334 e. The molecular formula is C16H19F3N4O. The molecule has 130 valence electrons. The third-order valence-corrected chi connectivity index (χ3v) is 4.22. The molecule has 8 heteroatoms. The Kier molecular flexibility index (Phi) is 4.40. The first kappa shape index (κ1) is 16.6. The molecule has 1 aromatic carbocycles. The van der Waals surface area contributed by atoms with Crippen LogP contribution in [0.25, 0.3) is 0 Å². The lowest BCUT2D eigenvalue weighted by Gasteiger charge is -2.22. The normalized spacial score (nSPS) is 21.6. The van der Waals surface area contributed by atoms with Crippen molar-refractivity contribution in [3.05, 3.63) is 42.2 Å². The van der Waals surface area contributed by atoms with E-state index in [-0.39, 0.29) is 18.7 Å². The van der Waals surface area contributed by atoms with Gasteiger partial charge < -0.3 is 15.1 Å². The van der Waals surface area contributed by atoms with E-state index in [1.807, 2.05) is 7.05 Å². The number of nitrogens with zero attached hydrogens (tertiary/aromatic N) is 3. The summed E-state index contributed by atoms with van der Waals surface area (Å²) in [6, 6.07) is 4.94. The monoisotopic (exact) mass is 340 g/mol. The van der Waals surface area contributed by atoms with Crippen LogP contribution in [0.1, 0.15) is 12.0 Å². The Morgan fingerprint density at radius 3 is 2.75 bits per heavy atom. The van der Waals surface area contributed by atoms with Crippen molar-refractivity contribution >= 4 is 11.7 Å². The largest absolute Gasteiger partial charge is 0.416 e. The Labute approximate surface area is 138 Å². The van der Waals surface area contributed by atoms with Crippen LogP contribution in [-0.2, 0) is 6.18 Å². The summed E-state index contributed by atoms with van der Waals surface area (Å²) in [5, 5.41) is 2.95. The lowest BCUT2D eigenvalue weighted by atomic mass is 10.2. The summed E-state index contributed by atoms with van der Waals surface area (Å²) in [6.45, 7) is 1.94. The fraction of sp³-hybridized carbons (Fsp3) is 0.438. The molecule has 2 amide bonds. The van der Waals surface area contributed by atoms with Crippen LogP contribution < -0.4 is 10.2 Å². The van der Waals surface area contributed by atoms with E-state index in [4.69, 9.17) is 0 Å². The van der Waals surface area contributed by atoms with Crippen LogP contribution in [0.3, 0.4) is 0 Å². The van der Waals surface area contributed by atoms with Gasteiger partial charge in [0.1, 0.15) is 6.67 Å². The summed E-state index contributed by atoms with van der Waals surface area (Å²) in [6.07, 6.45) is -0.299. The third kappa shape index (κ3) is 3.64. The highest BCUT2D eigenvalue weighted by molar-refractivity contribution is 5.77. The second-order valence-electron chi connectivity index (χ2n) is 6.12. The summed E-state index contributed by atoms with van der Waals surface area (Å²) < 4.78 is 38.4. The number of hydrogen-bond acceptors (Lipinski definition) is 3. The van der Waals surface area contributed by atoms with Crippen LogP contribution in [0.5, 0.6) is 0 Å². The molecule has 0 saturated carbocycles. The van der Waals surface area contributed by atoms with E-state index in [1.54, 1.807) is 23.4 Å². The Bertz CT molecular complexity index is 646. The predicted molar refractivity (Wildman–Crippen MR) is 84.2 cm³/mol. The molecule has 1 atom stereocenters. The number of urea groups is 1. The fourth-order valence-corrected chi connectivity index (χ4v) is 2.89. The standard InChI is InChI=1S/C16H19F3N4O/c1-21-6-5-13(10-21)20-15(24)23-8-7-22(11-23)14-4-2-3-12(9-14)16(17,18)19/h2-4,7-9,13H,5-6,10-11H2,1H3,(H,20,24)/t13-/m0/s1. The molecule has 1 fully saturated rings. The maximum Gasteiger partial charge on any atom is 0.416 e. The molecule has 2 aliphatic rings. The molecule has 5 nitrogen and oxygen atoms in total. The number of carbonyl (C=O) groups is 1. The lowest BCUT2D eigenvalue weighted by molar-refractivity contribution is -0.137. The van der Waals surface area contributed by atoms with E-state index in [1.165, 1.54) is 11.0 Å². The Morgan fingerprint density at radius 1 is 1.29 bits per heavy atom. The number of carbonyl (C=O) groups excluding carboxylic acids is 1. The number of likely N-dealkylation sites (tertiary alicyclic amines) is 1. The molecule has 0 aliphatic carbocycles. The van der Waals surface area contributed by atoms with Gasteiger partial charge >= 0.3 is 12.2 Å². The lowest BCUT2D eigenvalue weighted by Crippen LogP contribution is -2.44. The van der Waals surface area contributed by atoms with Crippen molar-refractivity contribution in [1.29, 1.82) is 0 Å². The van der Waals surface area contributed by atoms with Crippen molar-refractivity contribution in [2.45, 2.75) is 18.6 Å². The SMILES string of the molecule is CN1CC[C@H](NC(=O)N2C=CN(c3cccc(C(F)(F)F)c3)C2)C1. The number of anilines is 1. The summed E-state index contributed by atoms with van der Waals surface area (Å²) >= 11 is 0. The van der Waals surface area contributed by atoms with E-state index in [9.17, 15) is 18.0 Å². The van der Waals surface area contributed by atoms with Gasteiger partial charge in [0.05, 0.1) is 5.56 Å². The van der Waals surface area contributed by atoms with Gasteiger partial charge in [-0.25, -0.2) is 4.79 Å². The third-order valence-electron chi connectivity index (χ3n) is 4.22. The topological polar surface area (TPSA) is 38.8 Å². The van der Waals surface area contributed by atoms with Gasteiger partial charge in [0.25, 0.3) is 0 Å². The number of benzene rings is 1. The molecule has 0 aromatic heterocycles. The number of rotatable bonds is 2. The Balaban J connectivity index is 1.61. The van der Waals surface area contributed by atoms with Crippen LogP contribution >= 0.6 is 0 Å². The second kappa shape index (κ2) is 6.35. The first-order chi connectivity index (χ1) is 11.3. The van der Waals surface area contributed by atoms with Gasteiger partial charge in [0.15, 0.2) is 0 Å². The second-order valence-corrected chi connectivity index (χ2v) is 6.12. The molecule has 1 saturated heterocycles. The molecule has 3 rings (SSSR count). The van der Waals surface area contributed by atoms with Gasteiger partial charge in [-0.15, -0.1) is 0 Å². The van der Waals surface area contributed by atoms with Gasteiger partial charge in [0.2, 0.25) is 0 Å². The Hall–Kier alpha value is -2.22. The average molecular weight is 340 g/mol. The van der Waals surface area contributed by atoms with Crippen LogP contribution in [0.2, 0.25) is 0 Å². The zero-order chi connectivity index (χ0) is 17.3. The van der Waals surface area contributed by atoms with E-state index in [0.29, 0.717) is 5.69 Å². The average Bonchev–Trinajstić information content (AvgIpc) is 3.16. The van der Waals surface area contributed by atoms with Crippen LogP contribution in [-0.4, -0.2) is 48.7 Å². The van der Waals surface area contributed by atoms with E-state index >= 15 is 0 Å².